The first-order chi connectivity index (χ1) is 5.68. The highest BCUT2D eigenvalue weighted by Crippen LogP contribution is 2.05. The summed E-state index contributed by atoms with van der Waals surface area (Å²) in [5.41, 5.74) is 0. The minimum atomic E-state index is 0.462. The third kappa shape index (κ3) is 3.34. The van der Waals surface area contributed by atoms with Gasteiger partial charge in [0.2, 0.25) is 0 Å². The Morgan fingerprint density at radius 2 is 2.00 bits per heavy atom. The van der Waals surface area contributed by atoms with E-state index in [1.807, 2.05) is 0 Å². The van der Waals surface area contributed by atoms with E-state index in [0.29, 0.717) is 18.5 Å². The van der Waals surface area contributed by atoms with Crippen LogP contribution in [0.5, 0.6) is 6.01 Å². The molecule has 12 heavy (non-hydrogen) atoms. The number of hydrogen-bond donors (Lipinski definition) is 0. The predicted molar refractivity (Wildman–Crippen MR) is 55.1 cm³/mol. The maximum Gasteiger partial charge on any atom is 0.316 e. The molecule has 1 heterocycles. The molecular formula is C8H11IN2O. The minimum Gasteiger partial charge on any atom is -0.463 e. The van der Waals surface area contributed by atoms with Crippen molar-refractivity contribution in [3.8, 4) is 6.01 Å². The van der Waals surface area contributed by atoms with Crippen LogP contribution in [0, 0.1) is 9.49 Å². The Morgan fingerprint density at radius 1 is 1.42 bits per heavy atom. The fourth-order valence-electron chi connectivity index (χ4n) is 0.616. The molecule has 0 radical (unpaired) electrons. The first kappa shape index (κ1) is 9.70. The Morgan fingerprint density at radius 3 is 2.50 bits per heavy atom. The van der Waals surface area contributed by atoms with Gasteiger partial charge in [-0.2, -0.15) is 0 Å². The van der Waals surface area contributed by atoms with E-state index in [9.17, 15) is 0 Å². The molecule has 0 fully saturated rings. The van der Waals surface area contributed by atoms with E-state index >= 15 is 0 Å². The van der Waals surface area contributed by atoms with Crippen LogP contribution in [0.25, 0.3) is 0 Å². The minimum absolute atomic E-state index is 0.462. The van der Waals surface area contributed by atoms with Crippen LogP contribution in [-0.2, 0) is 0 Å². The van der Waals surface area contributed by atoms with Gasteiger partial charge < -0.3 is 4.74 Å². The van der Waals surface area contributed by atoms with E-state index in [-0.39, 0.29) is 0 Å². The summed E-state index contributed by atoms with van der Waals surface area (Å²) < 4.78 is 6.31. The summed E-state index contributed by atoms with van der Waals surface area (Å²) in [6.07, 6.45) is 3.48. The molecule has 0 amide bonds. The predicted octanol–water partition coefficient (Wildman–Crippen LogP) is 2.12. The van der Waals surface area contributed by atoms with Crippen LogP contribution in [-0.4, -0.2) is 16.6 Å². The molecule has 0 atom stereocenters. The smallest absolute Gasteiger partial charge is 0.316 e. The van der Waals surface area contributed by atoms with Crippen molar-refractivity contribution in [2.24, 2.45) is 5.92 Å². The summed E-state index contributed by atoms with van der Waals surface area (Å²) in [5, 5.41) is 0. The molecule has 66 valence electrons. The van der Waals surface area contributed by atoms with Gasteiger partial charge in [0.15, 0.2) is 0 Å². The van der Waals surface area contributed by atoms with Crippen molar-refractivity contribution in [2.75, 3.05) is 6.61 Å². The molecule has 0 N–H and O–H groups in total. The lowest BCUT2D eigenvalue weighted by molar-refractivity contribution is 0.250. The van der Waals surface area contributed by atoms with Gasteiger partial charge in [-0.15, -0.1) is 0 Å². The van der Waals surface area contributed by atoms with Crippen LogP contribution in [0.4, 0.5) is 0 Å². The fraction of sp³-hybridized carbons (Fsp3) is 0.500. The molecule has 0 saturated carbocycles. The largest absolute Gasteiger partial charge is 0.463 e. The highest BCUT2D eigenvalue weighted by Gasteiger charge is 1.98. The molecule has 0 aromatic carbocycles. The second-order valence-corrected chi connectivity index (χ2v) is 4.13. The molecule has 1 aromatic heterocycles. The molecule has 0 aliphatic rings. The number of nitrogens with zero attached hydrogens (tertiary/aromatic N) is 2. The highest BCUT2D eigenvalue weighted by atomic mass is 127. The summed E-state index contributed by atoms with van der Waals surface area (Å²) in [5.74, 6) is 0.507. The van der Waals surface area contributed by atoms with Crippen LogP contribution in [0.15, 0.2) is 12.4 Å². The average molecular weight is 278 g/mol. The van der Waals surface area contributed by atoms with Gasteiger partial charge in [-0.25, -0.2) is 9.97 Å². The molecule has 0 aliphatic heterocycles. The van der Waals surface area contributed by atoms with Crippen molar-refractivity contribution in [3.63, 3.8) is 0 Å². The molecule has 3 nitrogen and oxygen atoms in total. The summed E-state index contributed by atoms with van der Waals surface area (Å²) in [4.78, 5) is 8.02. The fourth-order valence-corrected chi connectivity index (χ4v) is 0.895. The van der Waals surface area contributed by atoms with Gasteiger partial charge in [0, 0.05) is 16.0 Å². The van der Waals surface area contributed by atoms with E-state index in [1.165, 1.54) is 0 Å². The van der Waals surface area contributed by atoms with Gasteiger partial charge in [0.05, 0.1) is 6.61 Å². The van der Waals surface area contributed by atoms with Crippen LogP contribution in [0.3, 0.4) is 0 Å². The van der Waals surface area contributed by atoms with E-state index in [2.05, 4.69) is 46.4 Å². The third-order valence-corrected chi connectivity index (χ3v) is 1.70. The third-order valence-electron chi connectivity index (χ3n) is 1.14. The van der Waals surface area contributed by atoms with Crippen LogP contribution < -0.4 is 4.74 Å². The first-order valence-electron chi connectivity index (χ1n) is 3.79. The SMILES string of the molecule is CC(C)COc1ncc(I)cn1. The van der Waals surface area contributed by atoms with E-state index in [4.69, 9.17) is 4.74 Å². The summed E-state index contributed by atoms with van der Waals surface area (Å²) in [6, 6.07) is 0.462. The van der Waals surface area contributed by atoms with E-state index < -0.39 is 0 Å². The molecule has 0 saturated heterocycles. The molecule has 1 rings (SSSR count). The number of halogens is 1. The van der Waals surface area contributed by atoms with E-state index in [0.717, 1.165) is 3.57 Å². The van der Waals surface area contributed by atoms with Gasteiger partial charge in [0.25, 0.3) is 0 Å². The second kappa shape index (κ2) is 4.59. The van der Waals surface area contributed by atoms with Crippen molar-refractivity contribution >= 4 is 22.6 Å². The van der Waals surface area contributed by atoms with Gasteiger partial charge in [0.1, 0.15) is 0 Å². The van der Waals surface area contributed by atoms with Crippen molar-refractivity contribution in [1.82, 2.24) is 9.97 Å². The molecule has 4 heteroatoms. The number of rotatable bonds is 3. The normalized spacial score (nSPS) is 10.3. The second-order valence-electron chi connectivity index (χ2n) is 2.89. The Hall–Kier alpha value is -0.390. The Balaban J connectivity index is 2.48. The zero-order valence-electron chi connectivity index (χ0n) is 7.12. The van der Waals surface area contributed by atoms with Crippen molar-refractivity contribution in [1.29, 1.82) is 0 Å². The first-order valence-corrected chi connectivity index (χ1v) is 4.86. The zero-order valence-corrected chi connectivity index (χ0v) is 9.28. The average Bonchev–Trinajstić information content (AvgIpc) is 2.03. The lowest BCUT2D eigenvalue weighted by Crippen LogP contribution is -2.06. The monoisotopic (exact) mass is 278 g/mol. The van der Waals surface area contributed by atoms with Crippen molar-refractivity contribution in [3.05, 3.63) is 16.0 Å². The highest BCUT2D eigenvalue weighted by molar-refractivity contribution is 14.1. The van der Waals surface area contributed by atoms with E-state index in [1.54, 1.807) is 12.4 Å². The Bertz CT molecular complexity index is 235. The van der Waals surface area contributed by atoms with Crippen LogP contribution in [0.2, 0.25) is 0 Å². The zero-order chi connectivity index (χ0) is 8.97. The molecular weight excluding hydrogens is 267 g/mol. The van der Waals surface area contributed by atoms with Crippen LogP contribution in [0.1, 0.15) is 13.8 Å². The molecule has 0 aliphatic carbocycles. The number of aromatic nitrogens is 2. The summed E-state index contributed by atoms with van der Waals surface area (Å²) in [6.45, 7) is 4.85. The van der Waals surface area contributed by atoms with Crippen LogP contribution >= 0.6 is 22.6 Å². The molecule has 0 unspecified atom stereocenters. The lowest BCUT2D eigenvalue weighted by atomic mass is 10.2. The van der Waals surface area contributed by atoms with Gasteiger partial charge in [-0.1, -0.05) is 13.8 Å². The quantitative estimate of drug-likeness (QED) is 0.794. The lowest BCUT2D eigenvalue weighted by Gasteiger charge is -2.05. The topological polar surface area (TPSA) is 35.0 Å². The maximum atomic E-state index is 5.30. The molecule has 0 bridgehead atoms. The summed E-state index contributed by atoms with van der Waals surface area (Å²) in [7, 11) is 0. The molecule has 0 spiro atoms. The van der Waals surface area contributed by atoms with Gasteiger partial charge >= 0.3 is 6.01 Å². The Kier molecular flexibility index (Phi) is 3.71. The summed E-state index contributed by atoms with van der Waals surface area (Å²) >= 11 is 2.16. The van der Waals surface area contributed by atoms with Gasteiger partial charge in [-0.05, 0) is 28.5 Å². The van der Waals surface area contributed by atoms with Crippen molar-refractivity contribution in [2.45, 2.75) is 13.8 Å². The Labute approximate surface area is 85.7 Å². The number of ether oxygens (including phenoxy) is 1. The van der Waals surface area contributed by atoms with Gasteiger partial charge in [-0.3, -0.25) is 0 Å². The number of hydrogen-bond acceptors (Lipinski definition) is 3. The molecule has 1 aromatic rings. The van der Waals surface area contributed by atoms with Crippen molar-refractivity contribution < 1.29 is 4.74 Å². The maximum absolute atomic E-state index is 5.30. The standard InChI is InChI=1S/C8H11IN2O/c1-6(2)5-12-8-10-3-7(9)4-11-8/h3-4,6H,5H2,1-2H3.